The number of nitrogens with zero attached hydrogens (tertiary/aromatic N) is 1. The van der Waals surface area contributed by atoms with Crippen molar-refractivity contribution in [3.8, 4) is 0 Å². The monoisotopic (exact) mass is 248 g/mol. The van der Waals surface area contributed by atoms with E-state index in [1.54, 1.807) is 0 Å². The van der Waals surface area contributed by atoms with Crippen LogP contribution in [0.5, 0.6) is 0 Å². The van der Waals surface area contributed by atoms with Gasteiger partial charge >= 0.3 is 0 Å². The molecular formula is C16H28N2. The summed E-state index contributed by atoms with van der Waals surface area (Å²) in [5.41, 5.74) is 4.16. The topological polar surface area (TPSA) is 15.3 Å². The number of hydrogen-bond donors (Lipinski definition) is 1. The Hall–Kier alpha value is -0.860. The van der Waals surface area contributed by atoms with Crippen molar-refractivity contribution in [2.45, 2.75) is 39.7 Å². The zero-order valence-corrected chi connectivity index (χ0v) is 12.6. The minimum atomic E-state index is 0.449. The van der Waals surface area contributed by atoms with Crippen molar-refractivity contribution in [3.05, 3.63) is 34.9 Å². The molecule has 0 bridgehead atoms. The zero-order chi connectivity index (χ0) is 13.5. The molecule has 102 valence electrons. The Labute approximate surface area is 112 Å². The van der Waals surface area contributed by atoms with Gasteiger partial charge in [0.05, 0.1) is 0 Å². The lowest BCUT2D eigenvalue weighted by atomic mass is 10.0. The second kappa shape index (κ2) is 7.55. The van der Waals surface area contributed by atoms with Gasteiger partial charge in [-0.1, -0.05) is 23.8 Å². The summed E-state index contributed by atoms with van der Waals surface area (Å²) in [6.45, 7) is 8.88. The van der Waals surface area contributed by atoms with Gasteiger partial charge in [0, 0.05) is 6.04 Å². The summed E-state index contributed by atoms with van der Waals surface area (Å²) in [6, 6.07) is 7.17. The molecular weight excluding hydrogens is 220 g/mol. The summed E-state index contributed by atoms with van der Waals surface area (Å²) in [6.07, 6.45) is 2.51. The quantitative estimate of drug-likeness (QED) is 0.745. The molecule has 0 aliphatic heterocycles. The Morgan fingerprint density at radius 3 is 2.50 bits per heavy atom. The van der Waals surface area contributed by atoms with E-state index in [0.29, 0.717) is 6.04 Å². The minimum absolute atomic E-state index is 0.449. The highest BCUT2D eigenvalue weighted by Gasteiger charge is 2.07. The van der Waals surface area contributed by atoms with E-state index in [1.807, 2.05) is 0 Å². The molecule has 0 amide bonds. The van der Waals surface area contributed by atoms with Crippen LogP contribution in [0.4, 0.5) is 0 Å². The van der Waals surface area contributed by atoms with Crippen LogP contribution in [0.3, 0.4) is 0 Å². The Morgan fingerprint density at radius 1 is 1.17 bits per heavy atom. The van der Waals surface area contributed by atoms with Gasteiger partial charge in [0.15, 0.2) is 0 Å². The Kier molecular flexibility index (Phi) is 6.37. The number of benzene rings is 1. The maximum Gasteiger partial charge on any atom is 0.0294 e. The molecule has 1 aromatic rings. The predicted molar refractivity (Wildman–Crippen MR) is 80.1 cm³/mol. The minimum Gasteiger partial charge on any atom is -0.310 e. The highest BCUT2D eigenvalue weighted by atomic mass is 15.0. The van der Waals surface area contributed by atoms with Crippen LogP contribution in [0.15, 0.2) is 18.2 Å². The van der Waals surface area contributed by atoms with E-state index in [4.69, 9.17) is 0 Å². The van der Waals surface area contributed by atoms with Crippen LogP contribution in [-0.2, 0) is 0 Å². The molecule has 1 N–H and O–H groups in total. The van der Waals surface area contributed by atoms with E-state index >= 15 is 0 Å². The third-order valence-electron chi connectivity index (χ3n) is 3.37. The summed E-state index contributed by atoms with van der Waals surface area (Å²) in [4.78, 5) is 2.24. The van der Waals surface area contributed by atoms with Crippen LogP contribution in [0, 0.1) is 13.8 Å². The Morgan fingerprint density at radius 2 is 1.89 bits per heavy atom. The van der Waals surface area contributed by atoms with Crippen molar-refractivity contribution in [2.75, 3.05) is 27.2 Å². The molecule has 1 unspecified atom stereocenters. The molecule has 2 heteroatoms. The number of hydrogen-bond acceptors (Lipinski definition) is 2. The van der Waals surface area contributed by atoms with Gasteiger partial charge in [-0.2, -0.15) is 0 Å². The molecule has 0 aliphatic rings. The van der Waals surface area contributed by atoms with Crippen molar-refractivity contribution in [3.63, 3.8) is 0 Å². The molecule has 0 aromatic heterocycles. The van der Waals surface area contributed by atoms with Gasteiger partial charge in [0.1, 0.15) is 0 Å². The lowest BCUT2D eigenvalue weighted by Crippen LogP contribution is -2.22. The van der Waals surface area contributed by atoms with E-state index in [1.165, 1.54) is 36.1 Å². The van der Waals surface area contributed by atoms with Crippen LogP contribution < -0.4 is 5.32 Å². The van der Waals surface area contributed by atoms with Gasteiger partial charge in [-0.15, -0.1) is 0 Å². The molecule has 0 radical (unpaired) electrons. The standard InChI is InChI=1S/C16H28N2/c1-13-8-9-16(14(2)12-13)15(3)17-10-6-7-11-18(4)5/h8-9,12,15,17H,6-7,10-11H2,1-5H3. The summed E-state index contributed by atoms with van der Waals surface area (Å²) in [5.74, 6) is 0. The molecule has 1 aromatic carbocycles. The first-order chi connectivity index (χ1) is 8.50. The van der Waals surface area contributed by atoms with Crippen molar-refractivity contribution in [1.82, 2.24) is 10.2 Å². The van der Waals surface area contributed by atoms with E-state index in [9.17, 15) is 0 Å². The average Bonchev–Trinajstić information content (AvgIpc) is 2.27. The van der Waals surface area contributed by atoms with Crippen LogP contribution in [0.2, 0.25) is 0 Å². The van der Waals surface area contributed by atoms with Gasteiger partial charge in [-0.3, -0.25) is 0 Å². The fourth-order valence-electron chi connectivity index (χ4n) is 2.29. The van der Waals surface area contributed by atoms with Crippen molar-refractivity contribution < 1.29 is 0 Å². The smallest absolute Gasteiger partial charge is 0.0294 e. The first-order valence-electron chi connectivity index (χ1n) is 6.96. The normalized spacial score (nSPS) is 13.0. The largest absolute Gasteiger partial charge is 0.310 e. The van der Waals surface area contributed by atoms with E-state index < -0.39 is 0 Å². The summed E-state index contributed by atoms with van der Waals surface area (Å²) in [7, 11) is 4.26. The third-order valence-corrected chi connectivity index (χ3v) is 3.37. The summed E-state index contributed by atoms with van der Waals surface area (Å²) < 4.78 is 0. The zero-order valence-electron chi connectivity index (χ0n) is 12.6. The molecule has 0 fully saturated rings. The van der Waals surface area contributed by atoms with Crippen LogP contribution in [-0.4, -0.2) is 32.1 Å². The Balaban J connectivity index is 2.34. The maximum absolute atomic E-state index is 3.61. The molecule has 1 rings (SSSR count). The molecule has 0 aliphatic carbocycles. The number of rotatable bonds is 7. The van der Waals surface area contributed by atoms with E-state index in [0.717, 1.165) is 6.54 Å². The summed E-state index contributed by atoms with van der Waals surface area (Å²) in [5, 5.41) is 3.61. The lowest BCUT2D eigenvalue weighted by molar-refractivity contribution is 0.389. The van der Waals surface area contributed by atoms with Gasteiger partial charge in [0.2, 0.25) is 0 Å². The highest BCUT2D eigenvalue weighted by Crippen LogP contribution is 2.18. The van der Waals surface area contributed by atoms with Gasteiger partial charge in [0.25, 0.3) is 0 Å². The first-order valence-corrected chi connectivity index (χ1v) is 6.96. The fraction of sp³-hybridized carbons (Fsp3) is 0.625. The molecule has 2 nitrogen and oxygen atoms in total. The number of unbranched alkanes of at least 4 members (excludes halogenated alkanes) is 1. The van der Waals surface area contributed by atoms with Gasteiger partial charge in [-0.05, 0) is 71.9 Å². The molecule has 0 heterocycles. The first kappa shape index (κ1) is 15.2. The van der Waals surface area contributed by atoms with Crippen molar-refractivity contribution in [2.24, 2.45) is 0 Å². The fourth-order valence-corrected chi connectivity index (χ4v) is 2.29. The molecule has 18 heavy (non-hydrogen) atoms. The average molecular weight is 248 g/mol. The van der Waals surface area contributed by atoms with Crippen LogP contribution in [0.25, 0.3) is 0 Å². The van der Waals surface area contributed by atoms with Crippen molar-refractivity contribution >= 4 is 0 Å². The number of aryl methyl sites for hydroxylation is 2. The van der Waals surface area contributed by atoms with Crippen molar-refractivity contribution in [1.29, 1.82) is 0 Å². The molecule has 0 saturated carbocycles. The van der Waals surface area contributed by atoms with Gasteiger partial charge in [-0.25, -0.2) is 0 Å². The van der Waals surface area contributed by atoms with E-state index in [-0.39, 0.29) is 0 Å². The predicted octanol–water partition coefficient (Wildman–Crippen LogP) is 3.30. The highest BCUT2D eigenvalue weighted by molar-refractivity contribution is 5.32. The second-order valence-electron chi connectivity index (χ2n) is 5.55. The van der Waals surface area contributed by atoms with Gasteiger partial charge < -0.3 is 10.2 Å². The van der Waals surface area contributed by atoms with Crippen LogP contribution in [0.1, 0.15) is 42.5 Å². The molecule has 1 atom stereocenters. The third kappa shape index (κ3) is 5.19. The number of nitrogens with one attached hydrogen (secondary N) is 1. The molecule has 0 saturated heterocycles. The second-order valence-corrected chi connectivity index (χ2v) is 5.55. The van der Waals surface area contributed by atoms with Crippen LogP contribution >= 0.6 is 0 Å². The Bertz CT molecular complexity index is 358. The molecule has 0 spiro atoms. The summed E-state index contributed by atoms with van der Waals surface area (Å²) >= 11 is 0. The lowest BCUT2D eigenvalue weighted by Gasteiger charge is -2.17. The SMILES string of the molecule is Cc1ccc(C(C)NCCCCN(C)C)c(C)c1. The maximum atomic E-state index is 3.61. The van der Waals surface area contributed by atoms with E-state index in [2.05, 4.69) is 63.3 Å².